The van der Waals surface area contributed by atoms with Gasteiger partial charge in [-0.25, -0.2) is 0 Å². The maximum atomic E-state index is 10.0. The van der Waals surface area contributed by atoms with Crippen molar-refractivity contribution in [2.24, 2.45) is 5.41 Å². The third kappa shape index (κ3) is 4.12. The highest BCUT2D eigenvalue weighted by Crippen LogP contribution is 2.23. The molecule has 1 aliphatic carbocycles. The van der Waals surface area contributed by atoms with E-state index in [-0.39, 0.29) is 11.5 Å². The summed E-state index contributed by atoms with van der Waals surface area (Å²) >= 11 is 0. The van der Waals surface area contributed by atoms with Crippen molar-refractivity contribution < 1.29 is 5.11 Å². The predicted octanol–water partition coefficient (Wildman–Crippen LogP) is 2.70. The predicted molar refractivity (Wildman–Crippen MR) is 64.9 cm³/mol. The molecule has 2 nitrogen and oxygen atoms in total. The van der Waals surface area contributed by atoms with Crippen molar-refractivity contribution in [3.63, 3.8) is 0 Å². The number of hydrogen-bond donors (Lipinski definition) is 2. The lowest BCUT2D eigenvalue weighted by molar-refractivity contribution is 0.103. The van der Waals surface area contributed by atoms with Gasteiger partial charge in [-0.3, -0.25) is 0 Å². The van der Waals surface area contributed by atoms with Crippen LogP contribution in [0.4, 0.5) is 0 Å². The topological polar surface area (TPSA) is 32.3 Å². The summed E-state index contributed by atoms with van der Waals surface area (Å²) in [7, 11) is 0. The Morgan fingerprint density at radius 1 is 1.13 bits per heavy atom. The second kappa shape index (κ2) is 5.31. The first-order valence-electron chi connectivity index (χ1n) is 6.35. The first-order chi connectivity index (χ1) is 6.91. The Hall–Kier alpha value is -0.0800. The van der Waals surface area contributed by atoms with Crippen molar-refractivity contribution in [2.75, 3.05) is 0 Å². The third-order valence-corrected chi connectivity index (χ3v) is 3.74. The first kappa shape index (κ1) is 13.0. The van der Waals surface area contributed by atoms with Gasteiger partial charge in [-0.1, -0.05) is 40.0 Å². The highest BCUT2D eigenvalue weighted by atomic mass is 16.3. The molecule has 0 aromatic rings. The summed E-state index contributed by atoms with van der Waals surface area (Å²) in [5.74, 6) is 0. The summed E-state index contributed by atoms with van der Waals surface area (Å²) in [6, 6.07) is 0.761. The van der Waals surface area contributed by atoms with Gasteiger partial charge in [-0.15, -0.1) is 0 Å². The fourth-order valence-electron chi connectivity index (χ4n) is 2.05. The molecule has 3 atom stereocenters. The summed E-state index contributed by atoms with van der Waals surface area (Å²) in [5, 5.41) is 13.6. The fourth-order valence-corrected chi connectivity index (χ4v) is 2.05. The molecule has 0 aromatic carbocycles. The van der Waals surface area contributed by atoms with E-state index in [0.717, 1.165) is 12.8 Å². The van der Waals surface area contributed by atoms with Crippen molar-refractivity contribution in [1.29, 1.82) is 0 Å². The number of aliphatic hydroxyl groups excluding tert-OH is 1. The lowest BCUT2D eigenvalue weighted by Crippen LogP contribution is -2.48. The van der Waals surface area contributed by atoms with E-state index in [1.807, 2.05) is 0 Å². The summed E-state index contributed by atoms with van der Waals surface area (Å²) < 4.78 is 0. The van der Waals surface area contributed by atoms with E-state index in [2.05, 4.69) is 33.0 Å². The molecule has 2 N–H and O–H groups in total. The molecule has 0 bridgehead atoms. The van der Waals surface area contributed by atoms with E-state index in [1.165, 1.54) is 19.3 Å². The molecule has 0 aromatic heterocycles. The Morgan fingerprint density at radius 2 is 1.73 bits per heavy atom. The lowest BCUT2D eigenvalue weighted by Gasteiger charge is -2.33. The number of nitrogens with one attached hydrogen (secondary N) is 1. The molecule has 0 amide bonds. The molecule has 1 rings (SSSR count). The van der Waals surface area contributed by atoms with Gasteiger partial charge >= 0.3 is 0 Å². The highest BCUT2D eigenvalue weighted by Gasteiger charge is 2.27. The molecular formula is C13H27NO. The summed E-state index contributed by atoms with van der Waals surface area (Å²) in [5.41, 5.74) is 0.270. The molecule has 2 heteroatoms. The van der Waals surface area contributed by atoms with Gasteiger partial charge in [0.2, 0.25) is 0 Å². The Bertz CT molecular complexity index is 185. The van der Waals surface area contributed by atoms with E-state index in [1.54, 1.807) is 0 Å². The van der Waals surface area contributed by atoms with Gasteiger partial charge in [0.15, 0.2) is 0 Å². The average Bonchev–Trinajstić information content (AvgIpc) is 2.30. The van der Waals surface area contributed by atoms with Gasteiger partial charge < -0.3 is 10.4 Å². The van der Waals surface area contributed by atoms with Crippen LogP contribution in [-0.2, 0) is 0 Å². The minimum absolute atomic E-state index is 0.141. The molecule has 1 saturated carbocycles. The standard InChI is InChI=1S/C13H27NO/c1-10(13(2,3)4)14-11-8-6-5-7-9-12(11)15/h10-12,14-15H,5-9H2,1-4H3. The van der Waals surface area contributed by atoms with Gasteiger partial charge in [-0.2, -0.15) is 0 Å². The SMILES string of the molecule is CC(NC1CCCCCC1O)C(C)(C)C. The molecule has 1 aliphatic rings. The monoisotopic (exact) mass is 213 g/mol. The zero-order chi connectivity index (χ0) is 11.5. The van der Waals surface area contributed by atoms with Gasteiger partial charge in [0, 0.05) is 12.1 Å². The minimum Gasteiger partial charge on any atom is -0.392 e. The zero-order valence-corrected chi connectivity index (χ0v) is 10.7. The Labute approximate surface area is 94.5 Å². The molecule has 1 fully saturated rings. The second-order valence-corrected chi connectivity index (χ2v) is 6.07. The molecule has 0 radical (unpaired) electrons. The number of hydrogen-bond acceptors (Lipinski definition) is 2. The van der Waals surface area contributed by atoms with Gasteiger partial charge in [-0.05, 0) is 25.2 Å². The van der Waals surface area contributed by atoms with Crippen LogP contribution in [0.15, 0.2) is 0 Å². The molecule has 0 aliphatic heterocycles. The Kier molecular flexibility index (Phi) is 4.60. The van der Waals surface area contributed by atoms with Crippen molar-refractivity contribution >= 4 is 0 Å². The molecule has 90 valence electrons. The highest BCUT2D eigenvalue weighted by molar-refractivity contribution is 4.85. The van der Waals surface area contributed by atoms with E-state index in [4.69, 9.17) is 0 Å². The zero-order valence-electron chi connectivity index (χ0n) is 10.7. The van der Waals surface area contributed by atoms with Crippen molar-refractivity contribution in [1.82, 2.24) is 5.32 Å². The van der Waals surface area contributed by atoms with Crippen LogP contribution < -0.4 is 5.32 Å². The molecule has 15 heavy (non-hydrogen) atoms. The second-order valence-electron chi connectivity index (χ2n) is 6.07. The molecule has 0 spiro atoms. The number of rotatable bonds is 2. The van der Waals surface area contributed by atoms with Crippen molar-refractivity contribution in [3.05, 3.63) is 0 Å². The third-order valence-electron chi connectivity index (χ3n) is 3.74. The number of aliphatic hydroxyl groups is 1. The van der Waals surface area contributed by atoms with E-state index >= 15 is 0 Å². The fraction of sp³-hybridized carbons (Fsp3) is 1.00. The van der Waals surface area contributed by atoms with Crippen molar-refractivity contribution in [2.45, 2.75) is 78.0 Å². The van der Waals surface area contributed by atoms with E-state index < -0.39 is 0 Å². The van der Waals surface area contributed by atoms with Gasteiger partial charge in [0.25, 0.3) is 0 Å². The minimum atomic E-state index is -0.141. The van der Waals surface area contributed by atoms with Crippen molar-refractivity contribution in [3.8, 4) is 0 Å². The van der Waals surface area contributed by atoms with E-state index in [9.17, 15) is 5.11 Å². The van der Waals surface area contributed by atoms with Gasteiger partial charge in [0.05, 0.1) is 6.10 Å². The van der Waals surface area contributed by atoms with Crippen LogP contribution >= 0.6 is 0 Å². The normalized spacial score (nSPS) is 31.0. The quantitative estimate of drug-likeness (QED) is 0.691. The summed E-state index contributed by atoms with van der Waals surface area (Å²) in [6.45, 7) is 8.95. The van der Waals surface area contributed by atoms with Crippen LogP contribution in [0, 0.1) is 5.41 Å². The molecular weight excluding hydrogens is 186 g/mol. The van der Waals surface area contributed by atoms with Crippen LogP contribution in [0.5, 0.6) is 0 Å². The lowest BCUT2D eigenvalue weighted by atomic mass is 9.87. The molecule has 0 heterocycles. The van der Waals surface area contributed by atoms with Crippen LogP contribution in [0.1, 0.15) is 59.8 Å². The summed E-state index contributed by atoms with van der Waals surface area (Å²) in [6.07, 6.45) is 5.67. The van der Waals surface area contributed by atoms with Crippen LogP contribution in [0.2, 0.25) is 0 Å². The van der Waals surface area contributed by atoms with Crippen LogP contribution in [-0.4, -0.2) is 23.3 Å². The maximum absolute atomic E-state index is 10.0. The molecule has 0 saturated heterocycles. The van der Waals surface area contributed by atoms with Crippen LogP contribution in [0.25, 0.3) is 0 Å². The largest absolute Gasteiger partial charge is 0.392 e. The van der Waals surface area contributed by atoms with Gasteiger partial charge in [0.1, 0.15) is 0 Å². The smallest absolute Gasteiger partial charge is 0.0693 e. The maximum Gasteiger partial charge on any atom is 0.0693 e. The average molecular weight is 213 g/mol. The molecule has 3 unspecified atom stereocenters. The Balaban J connectivity index is 2.48. The Morgan fingerprint density at radius 3 is 2.33 bits per heavy atom. The first-order valence-corrected chi connectivity index (χ1v) is 6.35. The van der Waals surface area contributed by atoms with E-state index in [0.29, 0.717) is 12.1 Å². The van der Waals surface area contributed by atoms with Crippen LogP contribution in [0.3, 0.4) is 0 Å². The summed E-state index contributed by atoms with van der Waals surface area (Å²) in [4.78, 5) is 0.